The van der Waals surface area contributed by atoms with E-state index < -0.39 is 0 Å². The lowest BCUT2D eigenvalue weighted by Gasteiger charge is -2.14. The zero-order chi connectivity index (χ0) is 80.0. The number of para-hydroxylation sites is 12. The number of pyridine rings is 3. The summed E-state index contributed by atoms with van der Waals surface area (Å²) in [5.74, 6) is 0. The maximum atomic E-state index is 5.29. The summed E-state index contributed by atoms with van der Waals surface area (Å²) < 4.78 is 22.3. The van der Waals surface area contributed by atoms with Gasteiger partial charge in [0.2, 0.25) is 0 Å². The highest BCUT2D eigenvalue weighted by molar-refractivity contribution is 7.27. The van der Waals surface area contributed by atoms with Crippen molar-refractivity contribution in [3.8, 4) is 17.1 Å². The number of hydrogen-bond donors (Lipinski definition) is 0. The minimum atomic E-state index is 1.01. The quantitative estimate of drug-likeness (QED) is 0.166. The molecule has 0 aliphatic heterocycles. The predicted octanol–water partition coefficient (Wildman–Crippen LogP) is 30.8. The van der Waals surface area contributed by atoms with Crippen molar-refractivity contribution in [2.75, 3.05) is 0 Å². The Kier molecular flexibility index (Phi) is 14.0. The molecule has 123 heavy (non-hydrogen) atoms. The third-order valence-corrected chi connectivity index (χ3v) is 29.4. The maximum absolute atomic E-state index is 5.29. The van der Waals surface area contributed by atoms with Crippen LogP contribution in [0.1, 0.15) is 0 Å². The summed E-state index contributed by atoms with van der Waals surface area (Å²) >= 11 is 5.60. The van der Waals surface area contributed by atoms with Gasteiger partial charge < -0.3 is 13.7 Å². The molecule has 30 rings (SSSR count). The minimum absolute atomic E-state index is 1.01. The van der Waals surface area contributed by atoms with Gasteiger partial charge in [-0.3, -0.25) is 13.2 Å². The zero-order valence-corrected chi connectivity index (χ0v) is 68.1. The van der Waals surface area contributed by atoms with Gasteiger partial charge in [-0.05, 0) is 180 Å². The van der Waals surface area contributed by atoms with Crippen molar-refractivity contribution < 1.29 is 0 Å². The van der Waals surface area contributed by atoms with Gasteiger partial charge in [-0.2, -0.15) is 0 Å². The second-order valence-electron chi connectivity index (χ2n) is 32.3. The van der Waals surface area contributed by atoms with Crippen LogP contribution >= 0.6 is 34.0 Å². The molecule has 12 heterocycles. The number of imidazole rings is 3. The highest BCUT2D eigenvalue weighted by Crippen LogP contribution is 2.51. The molecule has 12 heteroatoms. The molecule has 0 saturated heterocycles. The first-order chi connectivity index (χ1) is 61.1. The topological polar surface area (TPSA) is 66.7 Å². The molecule has 0 saturated carbocycles. The van der Waals surface area contributed by atoms with Crippen LogP contribution in [0.4, 0.5) is 0 Å². The van der Waals surface area contributed by atoms with Gasteiger partial charge in [0, 0.05) is 142 Å². The molecule has 0 bridgehead atoms. The molecule has 9 nitrogen and oxygen atoms in total. The molecule has 18 aromatic carbocycles. The van der Waals surface area contributed by atoms with Gasteiger partial charge in [0.25, 0.3) is 0 Å². The maximum Gasteiger partial charge on any atom is 0.147 e. The summed E-state index contributed by atoms with van der Waals surface area (Å²) in [5, 5.41) is 26.6. The fraction of sp³-hybridized carbons (Fsp3) is 0. The SMILES string of the molecule is c1ccc(-n2c3ccccc3c3c4c5cc6sc7ccccc7c6cc5c5nc6ccccc6n5c4ccc32)cc1.c1ccc(-n2c3ccccc3c3c4c5ccc6sc7ccccc7c6c5c5nc6ccccc6n5c4ccc32)cc1.c1ccc(-n2c3ccccc3c3ccc4c(c5ccc6sc7ccccc7c6c5c5nc6ccccc6n45)c32)cc1. The first-order valence-electron chi connectivity index (χ1n) is 41.7. The molecular formula is C111H63N9S3. The normalized spacial score (nSPS) is 12.4. The first-order valence-corrected chi connectivity index (χ1v) is 44.2. The first kappa shape index (κ1) is 67.3. The summed E-state index contributed by atoms with van der Waals surface area (Å²) in [5.41, 5.74) is 23.9. The highest BCUT2D eigenvalue weighted by atomic mass is 32.1. The van der Waals surface area contributed by atoms with Crippen LogP contribution in [0, 0.1) is 0 Å². The van der Waals surface area contributed by atoms with E-state index in [0.29, 0.717) is 0 Å². The molecule has 0 radical (unpaired) electrons. The fourth-order valence-corrected chi connectivity index (χ4v) is 24.4. The second-order valence-corrected chi connectivity index (χ2v) is 35.6. The number of hydrogen-bond acceptors (Lipinski definition) is 6. The van der Waals surface area contributed by atoms with E-state index >= 15 is 0 Å². The van der Waals surface area contributed by atoms with Gasteiger partial charge in [-0.25, -0.2) is 15.0 Å². The molecule has 30 aromatic rings. The molecule has 12 aromatic heterocycles. The molecule has 0 atom stereocenters. The number of fused-ring (bicyclic) bond motifs is 47. The molecule has 0 fully saturated rings. The van der Waals surface area contributed by atoms with Gasteiger partial charge >= 0.3 is 0 Å². The van der Waals surface area contributed by atoms with E-state index in [0.717, 1.165) is 55.7 Å². The smallest absolute Gasteiger partial charge is 0.147 e. The van der Waals surface area contributed by atoms with Crippen LogP contribution < -0.4 is 0 Å². The van der Waals surface area contributed by atoms with E-state index in [1.807, 2.05) is 34.0 Å². The van der Waals surface area contributed by atoms with Gasteiger partial charge in [0.15, 0.2) is 0 Å². The third kappa shape index (κ3) is 9.34. The van der Waals surface area contributed by atoms with Crippen LogP contribution in [0.2, 0.25) is 0 Å². The van der Waals surface area contributed by atoms with Crippen molar-refractivity contribution in [1.82, 2.24) is 41.9 Å². The lowest BCUT2D eigenvalue weighted by Crippen LogP contribution is -1.97. The fourth-order valence-electron chi connectivity index (χ4n) is 21.1. The molecule has 0 N–H and O–H groups in total. The third-order valence-electron chi connectivity index (χ3n) is 26.0. The minimum Gasteiger partial charge on any atom is -0.309 e. The van der Waals surface area contributed by atoms with Crippen LogP contribution in [-0.4, -0.2) is 41.9 Å². The second kappa shape index (κ2) is 25.5. The molecule has 570 valence electrons. The van der Waals surface area contributed by atoms with Crippen LogP contribution in [0.15, 0.2) is 382 Å². The van der Waals surface area contributed by atoms with E-state index in [2.05, 4.69) is 409 Å². The standard InChI is InChI=1S/3C37H21N3S/c1-2-10-22(11-3-1)39-29-15-7-4-13-24(29)35-31(39)18-19-32-36(35)26-21-34-25(23-12-5-9-17-33(23)41-34)20-27(26)37-38-28-14-6-8-16-30(28)40(32)37;1-2-10-22(11-3-1)39-27-15-7-4-12-23(27)33-29(39)19-20-30-34(33)25-18-21-32-35(24-13-5-9-17-31(24)41-32)36(25)37-38-26-14-6-8-16-28(26)40(30)37;1-2-10-22(11-3-1)39-28-15-7-4-12-23(28)24-18-20-30-33(36(24)39)26-19-21-32-34(25-13-5-9-17-31(25)41-32)35(26)37-38-27-14-6-8-16-29(27)40(30)37/h3*1-21H. The summed E-state index contributed by atoms with van der Waals surface area (Å²) in [7, 11) is 0. The Hall–Kier alpha value is -15.6. The van der Waals surface area contributed by atoms with Crippen LogP contribution in [0.25, 0.3) is 258 Å². The van der Waals surface area contributed by atoms with Crippen molar-refractivity contribution in [1.29, 1.82) is 0 Å². The Bertz CT molecular complexity index is 9860. The highest BCUT2D eigenvalue weighted by Gasteiger charge is 2.28. The Balaban J connectivity index is 0.0000000946. The number of aromatic nitrogens is 9. The zero-order valence-electron chi connectivity index (χ0n) is 65.6. The van der Waals surface area contributed by atoms with Crippen molar-refractivity contribution in [3.63, 3.8) is 0 Å². The van der Waals surface area contributed by atoms with Crippen LogP contribution in [0.5, 0.6) is 0 Å². The molecule has 0 aliphatic carbocycles. The largest absolute Gasteiger partial charge is 0.309 e. The van der Waals surface area contributed by atoms with Gasteiger partial charge in [0.05, 0.1) is 82.8 Å². The summed E-state index contributed by atoms with van der Waals surface area (Å²) in [4.78, 5) is 15.8. The Morgan fingerprint density at radius 1 is 0.163 bits per heavy atom. The van der Waals surface area contributed by atoms with Crippen LogP contribution in [-0.2, 0) is 0 Å². The summed E-state index contributed by atoms with van der Waals surface area (Å²) in [6, 6.07) is 138. The van der Waals surface area contributed by atoms with E-state index in [1.165, 1.54) is 202 Å². The number of rotatable bonds is 3. The Morgan fingerprint density at radius 2 is 0.504 bits per heavy atom. The average Bonchev–Trinajstić information content (AvgIpc) is 1.54. The van der Waals surface area contributed by atoms with Crippen LogP contribution in [0.3, 0.4) is 0 Å². The van der Waals surface area contributed by atoms with Crippen molar-refractivity contribution in [2.24, 2.45) is 0 Å². The van der Waals surface area contributed by atoms with Crippen molar-refractivity contribution in [2.45, 2.75) is 0 Å². The van der Waals surface area contributed by atoms with Gasteiger partial charge in [-0.1, -0.05) is 218 Å². The number of thiophene rings is 3. The summed E-state index contributed by atoms with van der Waals surface area (Å²) in [6.07, 6.45) is 0. The average molecular weight is 1620 g/mol. The molecule has 0 aliphatic rings. The van der Waals surface area contributed by atoms with E-state index in [-0.39, 0.29) is 0 Å². The lowest BCUT2D eigenvalue weighted by atomic mass is 9.98. The van der Waals surface area contributed by atoms with Crippen molar-refractivity contribution in [3.05, 3.63) is 382 Å². The molecule has 0 amide bonds. The Morgan fingerprint density at radius 3 is 1.02 bits per heavy atom. The lowest BCUT2D eigenvalue weighted by molar-refractivity contribution is 1.18. The van der Waals surface area contributed by atoms with Crippen molar-refractivity contribution >= 4 is 275 Å². The molecule has 0 spiro atoms. The van der Waals surface area contributed by atoms with E-state index in [1.54, 1.807) is 0 Å². The predicted molar refractivity (Wildman–Crippen MR) is 525 cm³/mol. The van der Waals surface area contributed by atoms with Gasteiger partial charge in [0.1, 0.15) is 16.9 Å². The molecule has 0 unspecified atom stereocenters. The van der Waals surface area contributed by atoms with E-state index in [9.17, 15) is 0 Å². The summed E-state index contributed by atoms with van der Waals surface area (Å²) in [6.45, 7) is 0. The number of nitrogens with zero attached hydrogens (tertiary/aromatic N) is 9. The Labute approximate surface area is 710 Å². The molecular weight excluding hydrogens is 1560 g/mol. The van der Waals surface area contributed by atoms with E-state index in [4.69, 9.17) is 15.0 Å². The monoisotopic (exact) mass is 1620 g/mol. The number of benzene rings is 18. The van der Waals surface area contributed by atoms with Gasteiger partial charge in [-0.15, -0.1) is 34.0 Å².